The summed E-state index contributed by atoms with van der Waals surface area (Å²) in [5.74, 6) is 0.940. The molecule has 0 amide bonds. The second-order valence-electron chi connectivity index (χ2n) is 4.22. The number of hydrogen-bond donors (Lipinski definition) is 1. The molecule has 0 aliphatic rings. The molecule has 0 heterocycles. The standard InChI is InChI=1S/C13H21FN2S/c1-11(10-17-3)16(2)8-7-15-13-6-4-5-12(14)9-13/h4-6,9,11,15H,7-8,10H2,1-3H3. The minimum atomic E-state index is -0.195. The lowest BCUT2D eigenvalue weighted by atomic mass is 10.3. The van der Waals surface area contributed by atoms with E-state index in [1.54, 1.807) is 6.07 Å². The van der Waals surface area contributed by atoms with E-state index in [1.807, 2.05) is 17.8 Å². The summed E-state index contributed by atoms with van der Waals surface area (Å²) in [5, 5.41) is 3.22. The van der Waals surface area contributed by atoms with E-state index in [1.165, 1.54) is 12.1 Å². The molecule has 0 spiro atoms. The van der Waals surface area contributed by atoms with E-state index in [-0.39, 0.29) is 5.82 Å². The summed E-state index contributed by atoms with van der Waals surface area (Å²) in [6.45, 7) is 4.01. The maximum absolute atomic E-state index is 12.9. The molecule has 1 N–H and O–H groups in total. The lowest BCUT2D eigenvalue weighted by Crippen LogP contribution is -2.34. The molecule has 1 aromatic carbocycles. The molecule has 1 aromatic rings. The molecule has 0 bridgehead atoms. The molecule has 0 saturated heterocycles. The van der Waals surface area contributed by atoms with E-state index in [0.29, 0.717) is 6.04 Å². The number of halogens is 1. The van der Waals surface area contributed by atoms with E-state index in [4.69, 9.17) is 0 Å². The number of rotatable bonds is 7. The van der Waals surface area contributed by atoms with E-state index in [9.17, 15) is 4.39 Å². The molecule has 1 unspecified atom stereocenters. The maximum Gasteiger partial charge on any atom is 0.125 e. The van der Waals surface area contributed by atoms with Crippen molar-refractivity contribution in [1.82, 2.24) is 4.90 Å². The molecule has 4 heteroatoms. The van der Waals surface area contributed by atoms with Gasteiger partial charge in [-0.15, -0.1) is 0 Å². The monoisotopic (exact) mass is 256 g/mol. The van der Waals surface area contributed by atoms with E-state index >= 15 is 0 Å². The SMILES string of the molecule is CSCC(C)N(C)CCNc1cccc(F)c1. The second-order valence-corrected chi connectivity index (χ2v) is 5.13. The van der Waals surface area contributed by atoms with Crippen LogP contribution in [0.15, 0.2) is 24.3 Å². The van der Waals surface area contributed by atoms with Crippen molar-refractivity contribution in [2.75, 3.05) is 37.5 Å². The summed E-state index contributed by atoms with van der Waals surface area (Å²) in [5.41, 5.74) is 0.843. The Hall–Kier alpha value is -0.740. The van der Waals surface area contributed by atoms with Gasteiger partial charge in [0, 0.05) is 30.6 Å². The van der Waals surface area contributed by atoms with Crippen molar-refractivity contribution in [3.8, 4) is 0 Å². The van der Waals surface area contributed by atoms with Crippen LogP contribution in [0.4, 0.5) is 10.1 Å². The van der Waals surface area contributed by atoms with Crippen molar-refractivity contribution in [3.05, 3.63) is 30.1 Å². The number of benzene rings is 1. The van der Waals surface area contributed by atoms with Gasteiger partial charge in [-0.25, -0.2) is 4.39 Å². The van der Waals surface area contributed by atoms with E-state index < -0.39 is 0 Å². The van der Waals surface area contributed by atoms with Gasteiger partial charge in [-0.05, 0) is 38.4 Å². The molecule has 0 aliphatic carbocycles. The van der Waals surface area contributed by atoms with Gasteiger partial charge in [0.25, 0.3) is 0 Å². The summed E-state index contributed by atoms with van der Waals surface area (Å²) >= 11 is 1.86. The van der Waals surface area contributed by atoms with Crippen LogP contribution >= 0.6 is 11.8 Å². The highest BCUT2D eigenvalue weighted by Gasteiger charge is 2.07. The molecule has 0 radical (unpaired) electrons. The van der Waals surface area contributed by atoms with Crippen molar-refractivity contribution in [2.45, 2.75) is 13.0 Å². The van der Waals surface area contributed by atoms with Crippen LogP contribution in [0, 0.1) is 5.82 Å². The fraction of sp³-hybridized carbons (Fsp3) is 0.538. The average molecular weight is 256 g/mol. The number of anilines is 1. The fourth-order valence-electron chi connectivity index (χ4n) is 1.56. The number of nitrogens with zero attached hydrogens (tertiary/aromatic N) is 1. The Morgan fingerprint density at radius 3 is 2.88 bits per heavy atom. The van der Waals surface area contributed by atoms with Crippen molar-refractivity contribution < 1.29 is 4.39 Å². The molecule has 0 aromatic heterocycles. The highest BCUT2D eigenvalue weighted by Crippen LogP contribution is 2.09. The molecule has 1 rings (SSSR count). The zero-order valence-corrected chi connectivity index (χ0v) is 11.6. The first-order chi connectivity index (χ1) is 8.13. The molecule has 96 valence electrons. The average Bonchev–Trinajstić information content (AvgIpc) is 2.29. The van der Waals surface area contributed by atoms with Gasteiger partial charge in [-0.1, -0.05) is 6.07 Å². The van der Waals surface area contributed by atoms with Gasteiger partial charge >= 0.3 is 0 Å². The Morgan fingerprint density at radius 2 is 2.24 bits per heavy atom. The first-order valence-electron chi connectivity index (χ1n) is 5.82. The van der Waals surface area contributed by atoms with Crippen LogP contribution in [0.2, 0.25) is 0 Å². The minimum absolute atomic E-state index is 0.195. The number of thioether (sulfide) groups is 1. The molecular formula is C13H21FN2S. The van der Waals surface area contributed by atoms with Gasteiger partial charge in [0.1, 0.15) is 5.82 Å². The molecule has 0 fully saturated rings. The number of nitrogens with one attached hydrogen (secondary N) is 1. The molecular weight excluding hydrogens is 235 g/mol. The highest BCUT2D eigenvalue weighted by atomic mass is 32.2. The van der Waals surface area contributed by atoms with Crippen molar-refractivity contribution in [2.24, 2.45) is 0 Å². The first-order valence-corrected chi connectivity index (χ1v) is 7.21. The molecule has 1 atom stereocenters. The van der Waals surface area contributed by atoms with Crippen molar-refractivity contribution in [3.63, 3.8) is 0 Å². The van der Waals surface area contributed by atoms with Crippen LogP contribution in [-0.2, 0) is 0 Å². The Balaban J connectivity index is 2.28. The van der Waals surface area contributed by atoms with Gasteiger partial charge in [0.15, 0.2) is 0 Å². The Kier molecular flexibility index (Phi) is 6.37. The maximum atomic E-state index is 12.9. The molecule has 0 aliphatic heterocycles. The Bertz CT molecular complexity index is 333. The number of hydrogen-bond acceptors (Lipinski definition) is 3. The lowest BCUT2D eigenvalue weighted by molar-refractivity contribution is 0.288. The topological polar surface area (TPSA) is 15.3 Å². The third-order valence-corrected chi connectivity index (χ3v) is 3.59. The zero-order valence-electron chi connectivity index (χ0n) is 10.7. The number of likely N-dealkylation sites (N-methyl/N-ethyl adjacent to an activating group) is 1. The van der Waals surface area contributed by atoms with Gasteiger partial charge in [0.05, 0.1) is 0 Å². The van der Waals surface area contributed by atoms with E-state index in [0.717, 1.165) is 24.5 Å². The van der Waals surface area contributed by atoms with Crippen LogP contribution in [0.3, 0.4) is 0 Å². The molecule has 2 nitrogen and oxygen atoms in total. The predicted molar refractivity (Wildman–Crippen MR) is 75.4 cm³/mol. The first kappa shape index (κ1) is 14.3. The van der Waals surface area contributed by atoms with Crippen LogP contribution in [0.5, 0.6) is 0 Å². The van der Waals surface area contributed by atoms with Gasteiger partial charge in [-0.2, -0.15) is 11.8 Å². The van der Waals surface area contributed by atoms with Crippen molar-refractivity contribution >= 4 is 17.4 Å². The summed E-state index contributed by atoms with van der Waals surface area (Å²) in [4.78, 5) is 2.31. The normalized spacial score (nSPS) is 12.8. The van der Waals surface area contributed by atoms with Crippen LogP contribution in [0.1, 0.15) is 6.92 Å². The quantitative estimate of drug-likeness (QED) is 0.807. The van der Waals surface area contributed by atoms with Gasteiger partial charge in [0.2, 0.25) is 0 Å². The summed E-state index contributed by atoms with van der Waals surface area (Å²) in [6, 6.07) is 7.15. The molecule has 0 saturated carbocycles. The third-order valence-electron chi connectivity index (χ3n) is 2.78. The predicted octanol–water partition coefficient (Wildman–Crippen LogP) is 2.92. The Morgan fingerprint density at radius 1 is 1.47 bits per heavy atom. The smallest absolute Gasteiger partial charge is 0.125 e. The van der Waals surface area contributed by atoms with Crippen molar-refractivity contribution in [1.29, 1.82) is 0 Å². The Labute approximate surface area is 108 Å². The lowest BCUT2D eigenvalue weighted by Gasteiger charge is -2.24. The second kappa shape index (κ2) is 7.56. The minimum Gasteiger partial charge on any atom is -0.384 e. The van der Waals surface area contributed by atoms with Crippen LogP contribution in [0.25, 0.3) is 0 Å². The highest BCUT2D eigenvalue weighted by molar-refractivity contribution is 7.98. The van der Waals surface area contributed by atoms with E-state index in [2.05, 4.69) is 30.4 Å². The third kappa shape index (κ3) is 5.41. The van der Waals surface area contributed by atoms with Gasteiger partial charge in [-0.3, -0.25) is 0 Å². The largest absolute Gasteiger partial charge is 0.384 e. The van der Waals surface area contributed by atoms with Crippen LogP contribution < -0.4 is 5.32 Å². The summed E-state index contributed by atoms with van der Waals surface area (Å²) in [6.07, 6.45) is 2.12. The fourth-order valence-corrected chi connectivity index (χ4v) is 2.30. The van der Waals surface area contributed by atoms with Gasteiger partial charge < -0.3 is 10.2 Å². The zero-order chi connectivity index (χ0) is 12.7. The van der Waals surface area contributed by atoms with Crippen LogP contribution in [-0.4, -0.2) is 43.1 Å². The summed E-state index contributed by atoms with van der Waals surface area (Å²) < 4.78 is 12.9. The molecule has 17 heavy (non-hydrogen) atoms. The summed E-state index contributed by atoms with van der Waals surface area (Å²) in [7, 11) is 2.12.